The molecule has 1 fully saturated rings. The van der Waals surface area contributed by atoms with Gasteiger partial charge < -0.3 is 14.8 Å². The third-order valence-corrected chi connectivity index (χ3v) is 6.18. The highest BCUT2D eigenvalue weighted by Gasteiger charge is 2.20. The van der Waals surface area contributed by atoms with Crippen LogP contribution in [0.4, 0.5) is 0 Å². The quantitative estimate of drug-likeness (QED) is 0.595. The van der Waals surface area contributed by atoms with Gasteiger partial charge >= 0.3 is 0 Å². The molecule has 1 N–H and O–H groups in total. The molecule has 1 saturated heterocycles. The van der Waals surface area contributed by atoms with Crippen molar-refractivity contribution in [2.45, 2.75) is 38.4 Å². The van der Waals surface area contributed by atoms with Crippen LogP contribution in [0, 0.1) is 5.92 Å². The number of nitrogens with one attached hydrogen (secondary N) is 1. The Labute approximate surface area is 190 Å². The summed E-state index contributed by atoms with van der Waals surface area (Å²) in [6.07, 6.45) is 2.06. The molecule has 0 aliphatic carbocycles. The van der Waals surface area contributed by atoms with Crippen molar-refractivity contribution >= 4 is 46.8 Å². The molecular formula is C20H25Cl2N5O2S. The number of nitrogens with zero attached hydrogens (tertiary/aromatic N) is 4. The number of halogens is 2. The van der Waals surface area contributed by atoms with Crippen LogP contribution in [0.2, 0.25) is 10.0 Å². The lowest BCUT2D eigenvalue weighted by atomic mass is 10.2. The van der Waals surface area contributed by atoms with Crippen LogP contribution in [-0.2, 0) is 16.1 Å². The number of amides is 2. The number of carbonyl (C=O) groups excluding carboxylic acids is 2. The summed E-state index contributed by atoms with van der Waals surface area (Å²) in [5, 5.41) is 12.9. The molecule has 162 valence electrons. The molecule has 0 bridgehead atoms. The van der Waals surface area contributed by atoms with Gasteiger partial charge in [0, 0.05) is 30.2 Å². The van der Waals surface area contributed by atoms with E-state index < -0.39 is 0 Å². The molecule has 1 aromatic heterocycles. The van der Waals surface area contributed by atoms with E-state index in [0.717, 1.165) is 31.5 Å². The fourth-order valence-electron chi connectivity index (χ4n) is 3.23. The van der Waals surface area contributed by atoms with Gasteiger partial charge in [-0.3, -0.25) is 9.59 Å². The predicted octanol–water partition coefficient (Wildman–Crippen LogP) is 3.74. The summed E-state index contributed by atoms with van der Waals surface area (Å²) in [5.41, 5.74) is 0.738. The zero-order chi connectivity index (χ0) is 21.7. The smallest absolute Gasteiger partial charge is 0.241 e. The lowest BCUT2D eigenvalue weighted by Crippen LogP contribution is -2.39. The third-order valence-electron chi connectivity index (χ3n) is 4.66. The van der Waals surface area contributed by atoms with Gasteiger partial charge in [0.05, 0.1) is 17.3 Å². The molecule has 2 aromatic rings. The van der Waals surface area contributed by atoms with Crippen LogP contribution in [0.25, 0.3) is 11.4 Å². The van der Waals surface area contributed by atoms with Crippen LogP contribution in [0.15, 0.2) is 23.4 Å². The Morgan fingerprint density at radius 3 is 2.60 bits per heavy atom. The Balaban J connectivity index is 1.65. The normalized spacial score (nSPS) is 13.8. The lowest BCUT2D eigenvalue weighted by Gasteiger charge is -2.15. The topological polar surface area (TPSA) is 80.1 Å². The van der Waals surface area contributed by atoms with Gasteiger partial charge in [-0.2, -0.15) is 0 Å². The van der Waals surface area contributed by atoms with Crippen molar-refractivity contribution in [2.75, 3.05) is 25.4 Å². The summed E-state index contributed by atoms with van der Waals surface area (Å²) < 4.78 is 1.97. The Hall–Kier alpha value is -1.77. The van der Waals surface area contributed by atoms with E-state index in [1.165, 1.54) is 11.8 Å². The van der Waals surface area contributed by atoms with E-state index >= 15 is 0 Å². The van der Waals surface area contributed by atoms with E-state index in [2.05, 4.69) is 29.4 Å². The van der Waals surface area contributed by atoms with Gasteiger partial charge in [-0.05, 0) is 37.0 Å². The first-order valence-electron chi connectivity index (χ1n) is 9.91. The Morgan fingerprint density at radius 2 is 1.93 bits per heavy atom. The average molecular weight is 470 g/mol. The van der Waals surface area contributed by atoms with E-state index in [0.29, 0.717) is 33.5 Å². The molecule has 0 spiro atoms. The highest BCUT2D eigenvalue weighted by Crippen LogP contribution is 2.32. The summed E-state index contributed by atoms with van der Waals surface area (Å²) in [6.45, 7) is 6.45. The van der Waals surface area contributed by atoms with Crippen LogP contribution in [0.3, 0.4) is 0 Å². The largest absolute Gasteiger partial charge is 0.346 e. The van der Waals surface area contributed by atoms with Crippen LogP contribution < -0.4 is 5.32 Å². The molecule has 2 amide bonds. The van der Waals surface area contributed by atoms with Crippen molar-refractivity contribution in [3.63, 3.8) is 0 Å². The second-order valence-electron chi connectivity index (χ2n) is 7.59. The van der Waals surface area contributed by atoms with Crippen molar-refractivity contribution in [1.29, 1.82) is 0 Å². The van der Waals surface area contributed by atoms with E-state index in [-0.39, 0.29) is 24.1 Å². The first-order chi connectivity index (χ1) is 14.3. The van der Waals surface area contributed by atoms with Gasteiger partial charge in [0.2, 0.25) is 11.8 Å². The van der Waals surface area contributed by atoms with Crippen LogP contribution >= 0.6 is 35.0 Å². The summed E-state index contributed by atoms with van der Waals surface area (Å²) in [5.74, 6) is 0.887. The fourth-order valence-corrected chi connectivity index (χ4v) is 4.50. The van der Waals surface area contributed by atoms with Gasteiger partial charge in [-0.15, -0.1) is 10.2 Å². The van der Waals surface area contributed by atoms with Gasteiger partial charge in [0.15, 0.2) is 11.0 Å². The number of rotatable bonds is 8. The second-order valence-corrected chi connectivity index (χ2v) is 9.37. The van der Waals surface area contributed by atoms with Crippen LogP contribution in [0.5, 0.6) is 0 Å². The molecule has 0 radical (unpaired) electrons. The minimum atomic E-state index is -0.210. The second kappa shape index (κ2) is 10.5. The molecule has 0 unspecified atom stereocenters. The minimum Gasteiger partial charge on any atom is -0.346 e. The summed E-state index contributed by atoms with van der Waals surface area (Å²) >= 11 is 13.7. The number of benzene rings is 1. The fraction of sp³-hybridized carbons (Fsp3) is 0.500. The van der Waals surface area contributed by atoms with Gasteiger partial charge in [0.1, 0.15) is 0 Å². The number of hydrogen-bond acceptors (Lipinski definition) is 5. The van der Waals surface area contributed by atoms with E-state index in [1.54, 1.807) is 17.0 Å². The molecule has 2 heterocycles. The Morgan fingerprint density at radius 1 is 1.20 bits per heavy atom. The summed E-state index contributed by atoms with van der Waals surface area (Å²) in [4.78, 5) is 26.1. The first-order valence-corrected chi connectivity index (χ1v) is 11.6. The highest BCUT2D eigenvalue weighted by atomic mass is 35.5. The van der Waals surface area contributed by atoms with Crippen LogP contribution in [0.1, 0.15) is 26.7 Å². The molecule has 3 rings (SSSR count). The van der Waals surface area contributed by atoms with Crippen LogP contribution in [-0.4, -0.2) is 56.9 Å². The summed E-state index contributed by atoms with van der Waals surface area (Å²) in [6, 6.07) is 5.25. The Bertz CT molecular complexity index is 913. The average Bonchev–Trinajstić information content (AvgIpc) is 3.35. The monoisotopic (exact) mass is 469 g/mol. The molecule has 10 heteroatoms. The zero-order valence-electron chi connectivity index (χ0n) is 17.0. The lowest BCUT2D eigenvalue weighted by molar-refractivity contribution is -0.131. The van der Waals surface area contributed by atoms with E-state index in [9.17, 15) is 9.59 Å². The van der Waals surface area contributed by atoms with Gasteiger partial charge in [-0.1, -0.05) is 48.8 Å². The SMILES string of the molecule is CC(C)Cn1c(SCC(=O)NCC(=O)N2CCCC2)nnc1-c1ccc(Cl)cc1Cl. The van der Waals surface area contributed by atoms with Crippen molar-refractivity contribution in [1.82, 2.24) is 25.0 Å². The molecule has 0 saturated carbocycles. The summed E-state index contributed by atoms with van der Waals surface area (Å²) in [7, 11) is 0. The predicted molar refractivity (Wildman–Crippen MR) is 120 cm³/mol. The molecule has 1 aliphatic heterocycles. The zero-order valence-corrected chi connectivity index (χ0v) is 19.4. The van der Waals surface area contributed by atoms with E-state index in [4.69, 9.17) is 23.2 Å². The number of aromatic nitrogens is 3. The van der Waals surface area contributed by atoms with Gasteiger partial charge in [0.25, 0.3) is 0 Å². The standard InChI is InChI=1S/C20H25Cl2N5O2S/c1-13(2)11-27-19(15-6-5-14(21)9-16(15)22)24-25-20(27)30-12-17(28)23-10-18(29)26-7-3-4-8-26/h5-6,9,13H,3-4,7-8,10-12H2,1-2H3,(H,23,28). The maximum atomic E-state index is 12.2. The molecule has 1 aliphatic rings. The van der Waals surface area contributed by atoms with Gasteiger partial charge in [-0.25, -0.2) is 0 Å². The van der Waals surface area contributed by atoms with Crippen molar-refractivity contribution in [2.24, 2.45) is 5.92 Å². The number of likely N-dealkylation sites (tertiary alicyclic amines) is 1. The maximum Gasteiger partial charge on any atom is 0.241 e. The maximum absolute atomic E-state index is 12.2. The van der Waals surface area contributed by atoms with Crippen molar-refractivity contribution in [3.8, 4) is 11.4 Å². The van der Waals surface area contributed by atoms with E-state index in [1.807, 2.05) is 10.6 Å². The molecular weight excluding hydrogens is 445 g/mol. The minimum absolute atomic E-state index is 0.0315. The molecule has 7 nitrogen and oxygen atoms in total. The number of carbonyl (C=O) groups is 2. The first kappa shape index (κ1) is 22.9. The van der Waals surface area contributed by atoms with Crippen molar-refractivity contribution < 1.29 is 9.59 Å². The molecule has 1 aromatic carbocycles. The van der Waals surface area contributed by atoms with Crippen molar-refractivity contribution in [3.05, 3.63) is 28.2 Å². The highest BCUT2D eigenvalue weighted by molar-refractivity contribution is 7.99. The molecule has 0 atom stereocenters. The number of hydrogen-bond donors (Lipinski definition) is 1. The Kier molecular flexibility index (Phi) is 8.02. The third kappa shape index (κ3) is 5.89. The molecule has 30 heavy (non-hydrogen) atoms. The number of thioether (sulfide) groups is 1.